The summed E-state index contributed by atoms with van der Waals surface area (Å²) in [5.74, 6) is -0.239. The number of thiophene rings is 1. The molecule has 7 nitrogen and oxygen atoms in total. The molecule has 4 rings (SSSR count). The highest BCUT2D eigenvalue weighted by Crippen LogP contribution is 2.28. The summed E-state index contributed by atoms with van der Waals surface area (Å²) < 4.78 is 33.0. The number of ether oxygens (including phenoxy) is 1. The molecule has 2 saturated heterocycles. The van der Waals surface area contributed by atoms with E-state index < -0.39 is 10.0 Å². The number of carbonyl (C=O) groups excluding carboxylic acids is 1. The lowest BCUT2D eigenvalue weighted by atomic mass is 10.2. The Bertz CT molecular complexity index is 1020. The molecule has 3 heterocycles. The number of anilines is 1. The normalized spacial score (nSPS) is 19.6. The van der Waals surface area contributed by atoms with Crippen molar-refractivity contribution in [2.45, 2.75) is 43.2 Å². The Kier molecular flexibility index (Phi) is 7.86. The minimum absolute atomic E-state index is 0.125. The lowest BCUT2D eigenvalue weighted by Gasteiger charge is -2.24. The van der Waals surface area contributed by atoms with E-state index in [4.69, 9.17) is 16.3 Å². The maximum absolute atomic E-state index is 12.9. The molecule has 1 aromatic carbocycles. The van der Waals surface area contributed by atoms with Gasteiger partial charge in [-0.1, -0.05) is 17.7 Å². The van der Waals surface area contributed by atoms with E-state index in [-0.39, 0.29) is 23.5 Å². The smallest absolute Gasteiger partial charge is 0.243 e. The van der Waals surface area contributed by atoms with Gasteiger partial charge in [0.25, 0.3) is 0 Å². The molecule has 0 saturated carbocycles. The summed E-state index contributed by atoms with van der Waals surface area (Å²) in [6.07, 6.45) is 3.88. The van der Waals surface area contributed by atoms with Gasteiger partial charge in [0.2, 0.25) is 15.9 Å². The molecule has 1 N–H and O–H groups in total. The third-order valence-electron chi connectivity index (χ3n) is 5.73. The average molecular weight is 498 g/mol. The van der Waals surface area contributed by atoms with E-state index in [0.717, 1.165) is 32.3 Å². The van der Waals surface area contributed by atoms with Gasteiger partial charge in [0.05, 0.1) is 28.3 Å². The molecule has 2 aliphatic rings. The zero-order chi connectivity index (χ0) is 22.6. The van der Waals surface area contributed by atoms with Crippen molar-refractivity contribution >= 4 is 44.6 Å². The molecule has 32 heavy (non-hydrogen) atoms. The molecule has 2 aliphatic heterocycles. The summed E-state index contributed by atoms with van der Waals surface area (Å²) >= 11 is 7.94. The topological polar surface area (TPSA) is 79.0 Å². The van der Waals surface area contributed by atoms with Crippen LogP contribution in [0.4, 0.5) is 5.69 Å². The Labute approximate surface area is 198 Å². The van der Waals surface area contributed by atoms with Gasteiger partial charge in [0.15, 0.2) is 0 Å². The quantitative estimate of drug-likeness (QED) is 0.570. The third kappa shape index (κ3) is 5.89. The van der Waals surface area contributed by atoms with Gasteiger partial charge >= 0.3 is 0 Å². The van der Waals surface area contributed by atoms with Gasteiger partial charge in [0.1, 0.15) is 0 Å². The number of hydrogen-bond donors (Lipinski definition) is 1. The van der Waals surface area contributed by atoms with Crippen molar-refractivity contribution in [3.63, 3.8) is 0 Å². The number of sulfonamides is 1. The highest BCUT2D eigenvalue weighted by Gasteiger charge is 2.28. The second-order valence-electron chi connectivity index (χ2n) is 8.19. The van der Waals surface area contributed by atoms with Gasteiger partial charge in [-0.15, -0.1) is 11.3 Å². The largest absolute Gasteiger partial charge is 0.377 e. The number of nitrogens with zero attached hydrogens (tertiary/aromatic N) is 2. The van der Waals surface area contributed by atoms with E-state index in [1.54, 1.807) is 11.3 Å². The summed E-state index contributed by atoms with van der Waals surface area (Å²) in [5, 5.41) is 5.14. The molecule has 1 atom stereocenters. The highest BCUT2D eigenvalue weighted by atomic mass is 35.5. The van der Waals surface area contributed by atoms with Crippen molar-refractivity contribution in [3.8, 4) is 0 Å². The van der Waals surface area contributed by atoms with E-state index in [2.05, 4.69) is 16.3 Å². The first-order chi connectivity index (χ1) is 15.4. The third-order valence-corrected chi connectivity index (χ3v) is 8.81. The van der Waals surface area contributed by atoms with Crippen LogP contribution in [0.3, 0.4) is 0 Å². The molecule has 10 heteroatoms. The van der Waals surface area contributed by atoms with Crippen molar-refractivity contribution in [3.05, 3.63) is 45.6 Å². The summed E-state index contributed by atoms with van der Waals surface area (Å²) in [6.45, 7) is 3.29. The zero-order valence-electron chi connectivity index (χ0n) is 17.8. The van der Waals surface area contributed by atoms with Crippen molar-refractivity contribution in [1.29, 1.82) is 0 Å². The van der Waals surface area contributed by atoms with Crippen LogP contribution in [0.25, 0.3) is 0 Å². The summed E-state index contributed by atoms with van der Waals surface area (Å²) in [5.41, 5.74) is 0.310. The van der Waals surface area contributed by atoms with E-state index in [1.807, 2.05) is 11.4 Å². The van der Waals surface area contributed by atoms with Crippen molar-refractivity contribution in [2.24, 2.45) is 0 Å². The molecule has 0 bridgehead atoms. The summed E-state index contributed by atoms with van der Waals surface area (Å²) in [6, 6.07) is 8.52. The lowest BCUT2D eigenvalue weighted by Crippen LogP contribution is -2.37. The van der Waals surface area contributed by atoms with Gasteiger partial charge in [-0.25, -0.2) is 8.42 Å². The van der Waals surface area contributed by atoms with Crippen LogP contribution in [0.15, 0.2) is 40.6 Å². The van der Waals surface area contributed by atoms with Crippen LogP contribution < -0.4 is 5.32 Å². The van der Waals surface area contributed by atoms with Gasteiger partial charge in [-0.2, -0.15) is 4.31 Å². The fourth-order valence-corrected chi connectivity index (χ4v) is 6.57. The van der Waals surface area contributed by atoms with Crippen molar-refractivity contribution in [1.82, 2.24) is 9.21 Å². The number of rotatable bonds is 9. The van der Waals surface area contributed by atoms with Crippen molar-refractivity contribution in [2.75, 3.05) is 38.1 Å². The number of carbonyl (C=O) groups is 1. The molecular formula is C22H28ClN3O4S2. The number of benzene rings is 1. The number of hydrogen-bond acceptors (Lipinski definition) is 6. The Hall–Kier alpha value is -1.49. The number of nitrogens with one attached hydrogen (secondary N) is 1. The van der Waals surface area contributed by atoms with E-state index in [1.165, 1.54) is 27.4 Å². The molecule has 0 aliphatic carbocycles. The van der Waals surface area contributed by atoms with E-state index >= 15 is 0 Å². The zero-order valence-corrected chi connectivity index (χ0v) is 20.2. The van der Waals surface area contributed by atoms with Gasteiger partial charge < -0.3 is 10.1 Å². The minimum Gasteiger partial charge on any atom is -0.377 e. The van der Waals surface area contributed by atoms with Gasteiger partial charge in [-0.3, -0.25) is 9.69 Å². The lowest BCUT2D eigenvalue weighted by molar-refractivity contribution is -0.117. The van der Waals surface area contributed by atoms with E-state index in [0.29, 0.717) is 36.9 Å². The highest BCUT2D eigenvalue weighted by molar-refractivity contribution is 7.89. The van der Waals surface area contributed by atoms with Crippen LogP contribution in [-0.2, 0) is 26.1 Å². The van der Waals surface area contributed by atoms with Crippen LogP contribution in [0, 0.1) is 0 Å². The Morgan fingerprint density at radius 3 is 2.75 bits per heavy atom. The SMILES string of the molecule is O=C(CN(Cc1cccs1)C[C@@H]1CCCO1)Nc1cc(S(=O)(=O)N2CCCC2)ccc1Cl. The van der Waals surface area contributed by atoms with Gasteiger partial charge in [0, 0.05) is 37.7 Å². The van der Waals surface area contributed by atoms with Crippen LogP contribution in [0.2, 0.25) is 5.02 Å². The Morgan fingerprint density at radius 2 is 2.06 bits per heavy atom. The number of halogens is 1. The van der Waals surface area contributed by atoms with Gasteiger partial charge in [-0.05, 0) is 55.3 Å². The molecule has 174 valence electrons. The minimum atomic E-state index is -3.59. The van der Waals surface area contributed by atoms with Crippen LogP contribution in [0.5, 0.6) is 0 Å². The van der Waals surface area contributed by atoms with Crippen molar-refractivity contribution < 1.29 is 17.9 Å². The maximum atomic E-state index is 12.9. The fraction of sp³-hybridized carbons (Fsp3) is 0.500. The fourth-order valence-electron chi connectivity index (χ4n) is 4.12. The predicted octanol–water partition coefficient (Wildman–Crippen LogP) is 3.81. The average Bonchev–Trinajstić information content (AvgIpc) is 3.53. The van der Waals surface area contributed by atoms with Crippen LogP contribution in [-0.4, -0.2) is 62.4 Å². The summed E-state index contributed by atoms with van der Waals surface area (Å²) in [4.78, 5) is 16.3. The molecular weight excluding hydrogens is 470 g/mol. The second-order valence-corrected chi connectivity index (χ2v) is 11.6. The van der Waals surface area contributed by atoms with Crippen LogP contribution in [0.1, 0.15) is 30.6 Å². The molecule has 1 amide bonds. The number of amides is 1. The Morgan fingerprint density at radius 1 is 1.25 bits per heavy atom. The molecule has 2 fully saturated rings. The first kappa shape index (κ1) is 23.7. The molecule has 0 spiro atoms. The first-order valence-electron chi connectivity index (χ1n) is 10.9. The first-order valence-corrected chi connectivity index (χ1v) is 13.6. The maximum Gasteiger partial charge on any atom is 0.243 e. The second kappa shape index (κ2) is 10.6. The Balaban J connectivity index is 1.45. The van der Waals surface area contributed by atoms with Crippen LogP contribution >= 0.6 is 22.9 Å². The standard InChI is InChI=1S/C22H28ClN3O4S2/c23-20-8-7-19(32(28,29)26-9-1-2-10-26)13-21(20)24-22(27)16-25(14-17-5-3-11-30-17)15-18-6-4-12-31-18/h4,6-8,12-13,17H,1-3,5,9-11,14-16H2,(H,24,27)/t17-/m0/s1. The monoisotopic (exact) mass is 497 g/mol. The predicted molar refractivity (Wildman–Crippen MR) is 127 cm³/mol. The molecule has 0 unspecified atom stereocenters. The molecule has 2 aromatic rings. The molecule has 1 aromatic heterocycles. The van der Waals surface area contributed by atoms with E-state index in [9.17, 15) is 13.2 Å². The molecule has 0 radical (unpaired) electrons. The summed E-state index contributed by atoms with van der Waals surface area (Å²) in [7, 11) is -3.59.